The zero-order valence-corrected chi connectivity index (χ0v) is 14.1. The van der Waals surface area contributed by atoms with E-state index in [0.717, 1.165) is 0 Å². The summed E-state index contributed by atoms with van der Waals surface area (Å²) in [6, 6.07) is 3.12. The van der Waals surface area contributed by atoms with Crippen molar-refractivity contribution in [2.75, 3.05) is 25.0 Å². The third-order valence-electron chi connectivity index (χ3n) is 3.91. The summed E-state index contributed by atoms with van der Waals surface area (Å²) in [5.41, 5.74) is 1.07. The van der Waals surface area contributed by atoms with Crippen LogP contribution in [0.2, 0.25) is 0 Å². The summed E-state index contributed by atoms with van der Waals surface area (Å²) >= 11 is 0. The highest BCUT2D eigenvalue weighted by Crippen LogP contribution is 2.34. The van der Waals surface area contributed by atoms with Gasteiger partial charge in [-0.15, -0.1) is 0 Å². The van der Waals surface area contributed by atoms with E-state index in [0.29, 0.717) is 30.1 Å². The maximum Gasteiger partial charge on any atom is 0.262 e. The third kappa shape index (κ3) is 3.06. The van der Waals surface area contributed by atoms with Gasteiger partial charge >= 0.3 is 0 Å². The highest BCUT2D eigenvalue weighted by Gasteiger charge is 2.34. The lowest BCUT2D eigenvalue weighted by molar-refractivity contribution is -0.118. The van der Waals surface area contributed by atoms with Crippen LogP contribution in [0.3, 0.4) is 0 Å². The van der Waals surface area contributed by atoms with Crippen LogP contribution in [-0.4, -0.2) is 50.5 Å². The second-order valence-electron chi connectivity index (χ2n) is 6.03. The van der Waals surface area contributed by atoms with Crippen LogP contribution in [0.15, 0.2) is 17.0 Å². The second kappa shape index (κ2) is 5.77. The number of aryl methyl sites for hydroxylation is 1. The van der Waals surface area contributed by atoms with Crippen molar-refractivity contribution >= 4 is 21.6 Å². The number of carbonyl (C=O) groups is 1. The molecule has 0 saturated carbocycles. The molecule has 0 bridgehead atoms. The van der Waals surface area contributed by atoms with Crippen molar-refractivity contribution in [2.45, 2.75) is 37.9 Å². The molecule has 0 aliphatic carbocycles. The Morgan fingerprint density at radius 2 is 1.87 bits per heavy atom. The Balaban J connectivity index is 1.98. The summed E-state index contributed by atoms with van der Waals surface area (Å²) in [5.74, 6) is 0.131. The number of hydrogen-bond acceptors (Lipinski definition) is 5. The Hall–Kier alpha value is -1.64. The van der Waals surface area contributed by atoms with E-state index in [4.69, 9.17) is 9.47 Å². The molecular formula is C15H20N2O5S. The number of fused-ring (bicyclic) bond motifs is 1. The van der Waals surface area contributed by atoms with Gasteiger partial charge in [-0.25, -0.2) is 8.42 Å². The molecule has 0 aromatic heterocycles. The molecule has 1 fully saturated rings. The van der Waals surface area contributed by atoms with E-state index in [9.17, 15) is 13.2 Å². The van der Waals surface area contributed by atoms with Crippen molar-refractivity contribution in [2.24, 2.45) is 0 Å². The van der Waals surface area contributed by atoms with Gasteiger partial charge in [-0.05, 0) is 32.4 Å². The molecule has 3 rings (SSSR count). The van der Waals surface area contributed by atoms with Crippen molar-refractivity contribution in [3.63, 3.8) is 0 Å². The van der Waals surface area contributed by atoms with Gasteiger partial charge in [0.25, 0.3) is 5.91 Å². The lowest BCUT2D eigenvalue weighted by Crippen LogP contribution is -2.48. The number of benzene rings is 1. The van der Waals surface area contributed by atoms with Gasteiger partial charge in [-0.2, -0.15) is 4.31 Å². The SMILES string of the molecule is Cc1cc2c(cc1S(=O)(=O)N1C[C@@H](C)O[C@H](C)C1)OCC(=O)N2. The standard InChI is InChI=1S/C15H20N2O5S/c1-9-4-12-13(21-8-15(18)16-12)5-14(9)23(19,20)17-6-10(2)22-11(3)7-17/h4-5,10-11H,6-8H2,1-3H3,(H,16,18)/t10-,11-/m1/s1. The second-order valence-corrected chi connectivity index (χ2v) is 7.94. The first-order valence-electron chi connectivity index (χ1n) is 7.50. The van der Waals surface area contributed by atoms with Crippen LogP contribution in [0.25, 0.3) is 0 Å². The number of sulfonamides is 1. The fourth-order valence-electron chi connectivity index (χ4n) is 2.96. The quantitative estimate of drug-likeness (QED) is 0.872. The van der Waals surface area contributed by atoms with E-state index in [-0.39, 0.29) is 29.6 Å². The first-order chi connectivity index (χ1) is 10.8. The van der Waals surface area contributed by atoms with Gasteiger partial charge in [0, 0.05) is 19.2 Å². The number of hydrogen-bond donors (Lipinski definition) is 1. The van der Waals surface area contributed by atoms with Gasteiger partial charge in [0.2, 0.25) is 10.0 Å². The van der Waals surface area contributed by atoms with Crippen molar-refractivity contribution < 1.29 is 22.7 Å². The van der Waals surface area contributed by atoms with Gasteiger partial charge in [-0.3, -0.25) is 4.79 Å². The largest absolute Gasteiger partial charge is 0.482 e. The molecule has 1 N–H and O–H groups in total. The predicted octanol–water partition coefficient (Wildman–Crippen LogP) is 1.12. The van der Waals surface area contributed by atoms with Crippen molar-refractivity contribution in [1.82, 2.24) is 4.31 Å². The molecule has 0 radical (unpaired) electrons. The van der Waals surface area contributed by atoms with Gasteiger partial charge in [0.05, 0.1) is 22.8 Å². The molecule has 7 nitrogen and oxygen atoms in total. The van der Waals surface area contributed by atoms with E-state index in [1.165, 1.54) is 10.4 Å². The fourth-order valence-corrected chi connectivity index (χ4v) is 4.77. The minimum atomic E-state index is -3.64. The van der Waals surface area contributed by atoms with E-state index in [1.807, 2.05) is 13.8 Å². The number of ether oxygens (including phenoxy) is 2. The average Bonchev–Trinajstić information content (AvgIpc) is 2.45. The van der Waals surface area contributed by atoms with Crippen molar-refractivity contribution in [3.8, 4) is 5.75 Å². The van der Waals surface area contributed by atoms with Crippen LogP contribution in [0.5, 0.6) is 5.75 Å². The Labute approximate surface area is 135 Å². The van der Waals surface area contributed by atoms with Crippen LogP contribution < -0.4 is 10.1 Å². The highest BCUT2D eigenvalue weighted by atomic mass is 32.2. The summed E-state index contributed by atoms with van der Waals surface area (Å²) < 4.78 is 38.3. The number of amides is 1. The first-order valence-corrected chi connectivity index (χ1v) is 8.94. The summed E-state index contributed by atoms with van der Waals surface area (Å²) in [6.45, 7) is 5.96. The number of carbonyl (C=O) groups excluding carboxylic acids is 1. The van der Waals surface area contributed by atoms with Gasteiger partial charge in [-0.1, -0.05) is 0 Å². The van der Waals surface area contributed by atoms with E-state index >= 15 is 0 Å². The Morgan fingerprint density at radius 1 is 1.22 bits per heavy atom. The van der Waals surface area contributed by atoms with Crippen LogP contribution in [0, 0.1) is 6.92 Å². The number of rotatable bonds is 2. The molecule has 2 atom stereocenters. The summed E-state index contributed by atoms with van der Waals surface area (Å²) in [5, 5.41) is 2.68. The molecule has 1 saturated heterocycles. The van der Waals surface area contributed by atoms with E-state index in [1.54, 1.807) is 13.0 Å². The molecule has 1 aromatic rings. The van der Waals surface area contributed by atoms with Crippen LogP contribution in [-0.2, 0) is 19.6 Å². The average molecular weight is 340 g/mol. The maximum absolute atomic E-state index is 13.0. The van der Waals surface area contributed by atoms with Crippen LogP contribution in [0.1, 0.15) is 19.4 Å². The topological polar surface area (TPSA) is 84.9 Å². The molecule has 2 heterocycles. The Kier molecular flexibility index (Phi) is 4.07. The zero-order chi connectivity index (χ0) is 16.8. The van der Waals surface area contributed by atoms with Crippen molar-refractivity contribution in [1.29, 1.82) is 0 Å². The number of anilines is 1. The minimum Gasteiger partial charge on any atom is -0.482 e. The number of nitrogens with zero attached hydrogens (tertiary/aromatic N) is 1. The monoisotopic (exact) mass is 340 g/mol. The molecule has 1 amide bonds. The molecule has 0 spiro atoms. The lowest BCUT2D eigenvalue weighted by atomic mass is 10.2. The molecule has 126 valence electrons. The Morgan fingerprint density at radius 3 is 2.52 bits per heavy atom. The molecule has 8 heteroatoms. The minimum absolute atomic E-state index is 0.110. The highest BCUT2D eigenvalue weighted by molar-refractivity contribution is 7.89. The summed E-state index contributed by atoms with van der Waals surface area (Å²) in [6.07, 6.45) is -0.302. The molecule has 1 aromatic carbocycles. The van der Waals surface area contributed by atoms with Gasteiger partial charge in [0.15, 0.2) is 6.61 Å². The molecular weight excluding hydrogens is 320 g/mol. The number of morpholine rings is 1. The molecule has 0 unspecified atom stereocenters. The molecule has 23 heavy (non-hydrogen) atoms. The zero-order valence-electron chi connectivity index (χ0n) is 13.3. The van der Waals surface area contributed by atoms with Gasteiger partial charge in [0.1, 0.15) is 5.75 Å². The van der Waals surface area contributed by atoms with E-state index < -0.39 is 10.0 Å². The third-order valence-corrected chi connectivity index (χ3v) is 5.89. The molecule has 2 aliphatic rings. The number of nitrogens with one attached hydrogen (secondary N) is 1. The fraction of sp³-hybridized carbons (Fsp3) is 0.533. The maximum atomic E-state index is 13.0. The van der Waals surface area contributed by atoms with Crippen molar-refractivity contribution in [3.05, 3.63) is 17.7 Å². The van der Waals surface area contributed by atoms with Gasteiger partial charge < -0.3 is 14.8 Å². The predicted molar refractivity (Wildman–Crippen MR) is 84.1 cm³/mol. The van der Waals surface area contributed by atoms with E-state index in [2.05, 4.69) is 5.32 Å². The molecule has 2 aliphatic heterocycles. The first kappa shape index (κ1) is 16.2. The smallest absolute Gasteiger partial charge is 0.262 e. The Bertz CT molecular complexity index is 736. The van der Waals surface area contributed by atoms with Crippen LogP contribution in [0.4, 0.5) is 5.69 Å². The summed E-state index contributed by atoms with van der Waals surface area (Å²) in [7, 11) is -3.64. The van der Waals surface area contributed by atoms with Crippen LogP contribution >= 0.6 is 0 Å². The lowest BCUT2D eigenvalue weighted by Gasteiger charge is -2.34. The normalized spacial score (nSPS) is 25.4. The summed E-state index contributed by atoms with van der Waals surface area (Å²) in [4.78, 5) is 11.6.